The van der Waals surface area contributed by atoms with Crippen molar-refractivity contribution in [2.45, 2.75) is 25.4 Å². The molecular formula is C21H28N2O3. The number of methoxy groups -OCH3 is 2. The number of nitrogens with zero attached hydrogens (tertiary/aromatic N) is 1. The molecule has 0 unspecified atom stereocenters. The second kappa shape index (κ2) is 8.43. The van der Waals surface area contributed by atoms with Crippen molar-refractivity contribution in [1.29, 1.82) is 0 Å². The highest BCUT2D eigenvalue weighted by molar-refractivity contribution is 5.54. The molecule has 5 nitrogen and oxygen atoms in total. The molecule has 1 aliphatic heterocycles. The number of benzene rings is 2. The first-order valence-electron chi connectivity index (χ1n) is 9.06. The van der Waals surface area contributed by atoms with E-state index in [2.05, 4.69) is 29.2 Å². The first-order valence-corrected chi connectivity index (χ1v) is 9.06. The minimum atomic E-state index is 0.142. The van der Waals surface area contributed by atoms with E-state index < -0.39 is 0 Å². The Morgan fingerprint density at radius 1 is 1.04 bits per heavy atom. The molecular weight excluding hydrogens is 328 g/mol. The van der Waals surface area contributed by atoms with Gasteiger partial charge in [-0.25, -0.2) is 0 Å². The third-order valence-corrected chi connectivity index (χ3v) is 4.88. The fourth-order valence-electron chi connectivity index (χ4n) is 3.67. The first kappa shape index (κ1) is 18.5. The van der Waals surface area contributed by atoms with Crippen LogP contribution in [0.5, 0.6) is 17.2 Å². The fraction of sp³-hybridized carbons (Fsp3) is 0.429. The summed E-state index contributed by atoms with van der Waals surface area (Å²) in [5, 5.41) is 0. The van der Waals surface area contributed by atoms with Crippen molar-refractivity contribution in [3.8, 4) is 17.2 Å². The molecule has 0 radical (unpaired) electrons. The van der Waals surface area contributed by atoms with Crippen LogP contribution in [0.25, 0.3) is 0 Å². The highest BCUT2D eigenvalue weighted by atomic mass is 16.5. The number of hydrogen-bond donors (Lipinski definition) is 1. The molecule has 26 heavy (non-hydrogen) atoms. The minimum Gasteiger partial charge on any atom is -0.493 e. The number of nitrogens with two attached hydrogens (primary N) is 1. The van der Waals surface area contributed by atoms with Crippen molar-refractivity contribution in [3.05, 3.63) is 53.6 Å². The summed E-state index contributed by atoms with van der Waals surface area (Å²) in [7, 11) is 3.30. The molecule has 3 rings (SSSR count). The third-order valence-electron chi connectivity index (χ3n) is 4.88. The van der Waals surface area contributed by atoms with Gasteiger partial charge in [0.2, 0.25) is 5.75 Å². The molecule has 140 valence electrons. The van der Waals surface area contributed by atoms with Gasteiger partial charge < -0.3 is 19.9 Å². The second-order valence-corrected chi connectivity index (χ2v) is 6.64. The molecule has 1 saturated heterocycles. The van der Waals surface area contributed by atoms with Gasteiger partial charge in [0.1, 0.15) is 0 Å². The normalized spacial score (nSPS) is 20.2. The van der Waals surface area contributed by atoms with Gasteiger partial charge >= 0.3 is 0 Å². The fourth-order valence-corrected chi connectivity index (χ4v) is 3.67. The average Bonchev–Trinajstić information content (AvgIpc) is 3.03. The van der Waals surface area contributed by atoms with Gasteiger partial charge in [0.05, 0.1) is 20.8 Å². The lowest BCUT2D eigenvalue weighted by atomic mass is 9.95. The van der Waals surface area contributed by atoms with E-state index in [1.165, 1.54) is 5.56 Å². The molecule has 2 aromatic rings. The van der Waals surface area contributed by atoms with Gasteiger partial charge in [-0.1, -0.05) is 30.3 Å². The van der Waals surface area contributed by atoms with Crippen LogP contribution in [-0.2, 0) is 6.54 Å². The molecule has 0 spiro atoms. The maximum absolute atomic E-state index is 6.42. The first-order chi connectivity index (χ1) is 12.7. The summed E-state index contributed by atoms with van der Waals surface area (Å²) < 4.78 is 16.7. The number of ether oxygens (including phenoxy) is 3. The van der Waals surface area contributed by atoms with E-state index in [9.17, 15) is 0 Å². The molecule has 1 aliphatic rings. The van der Waals surface area contributed by atoms with Gasteiger partial charge in [0.15, 0.2) is 11.5 Å². The lowest BCUT2D eigenvalue weighted by molar-refractivity contribution is 0.285. The standard InChI is InChI=1S/C21H28N2O3/c1-4-26-21-19(24-2)10-15(11-20(21)25-3)12-23-13-17(18(22)14-23)16-8-6-5-7-9-16/h5-11,17-18H,4,12-14,22H2,1-3H3/t17-,18+/m0/s1. The summed E-state index contributed by atoms with van der Waals surface area (Å²) in [5.41, 5.74) is 8.86. The van der Waals surface area contributed by atoms with Crippen LogP contribution in [0.2, 0.25) is 0 Å². The van der Waals surface area contributed by atoms with Crippen LogP contribution in [-0.4, -0.2) is 44.9 Å². The number of hydrogen-bond acceptors (Lipinski definition) is 5. The van der Waals surface area contributed by atoms with E-state index in [0.29, 0.717) is 29.8 Å². The molecule has 0 bridgehead atoms. The van der Waals surface area contributed by atoms with Crippen LogP contribution in [0.3, 0.4) is 0 Å². The van der Waals surface area contributed by atoms with Crippen LogP contribution >= 0.6 is 0 Å². The molecule has 1 fully saturated rings. The zero-order valence-corrected chi connectivity index (χ0v) is 15.8. The second-order valence-electron chi connectivity index (χ2n) is 6.64. The highest BCUT2D eigenvalue weighted by Crippen LogP contribution is 2.39. The Hall–Kier alpha value is -2.24. The van der Waals surface area contributed by atoms with Crippen molar-refractivity contribution < 1.29 is 14.2 Å². The summed E-state index contributed by atoms with van der Waals surface area (Å²) in [5.74, 6) is 2.41. The summed E-state index contributed by atoms with van der Waals surface area (Å²) in [6, 6.07) is 14.7. The van der Waals surface area contributed by atoms with Crippen molar-refractivity contribution in [3.63, 3.8) is 0 Å². The molecule has 0 amide bonds. The Morgan fingerprint density at radius 3 is 2.27 bits per heavy atom. The summed E-state index contributed by atoms with van der Waals surface area (Å²) >= 11 is 0. The van der Waals surface area contributed by atoms with Gasteiger partial charge in [0.25, 0.3) is 0 Å². The topological polar surface area (TPSA) is 57.0 Å². The van der Waals surface area contributed by atoms with Gasteiger partial charge in [-0.2, -0.15) is 0 Å². The van der Waals surface area contributed by atoms with Crippen LogP contribution in [0.1, 0.15) is 24.0 Å². The molecule has 2 N–H and O–H groups in total. The maximum atomic E-state index is 6.42. The zero-order valence-electron chi connectivity index (χ0n) is 15.8. The molecule has 0 aliphatic carbocycles. The molecule has 0 aromatic heterocycles. The van der Waals surface area contributed by atoms with E-state index in [4.69, 9.17) is 19.9 Å². The van der Waals surface area contributed by atoms with E-state index in [-0.39, 0.29) is 6.04 Å². The molecule has 5 heteroatoms. The Balaban J connectivity index is 1.77. The van der Waals surface area contributed by atoms with Crippen molar-refractivity contribution >= 4 is 0 Å². The molecule has 0 saturated carbocycles. The Labute approximate surface area is 155 Å². The van der Waals surface area contributed by atoms with E-state index in [1.807, 2.05) is 25.1 Å². The predicted octanol–water partition coefficient (Wildman–Crippen LogP) is 3.03. The Morgan fingerprint density at radius 2 is 1.69 bits per heavy atom. The largest absolute Gasteiger partial charge is 0.493 e. The third kappa shape index (κ3) is 3.94. The number of likely N-dealkylation sites (tertiary alicyclic amines) is 1. The van der Waals surface area contributed by atoms with Crippen LogP contribution in [0.15, 0.2) is 42.5 Å². The van der Waals surface area contributed by atoms with Crippen LogP contribution in [0, 0.1) is 0 Å². The zero-order chi connectivity index (χ0) is 18.5. The van der Waals surface area contributed by atoms with Gasteiger partial charge in [-0.15, -0.1) is 0 Å². The van der Waals surface area contributed by atoms with E-state index in [0.717, 1.165) is 25.2 Å². The molecule has 2 atom stereocenters. The Kier molecular flexibility index (Phi) is 6.01. The maximum Gasteiger partial charge on any atom is 0.203 e. The smallest absolute Gasteiger partial charge is 0.203 e. The lowest BCUT2D eigenvalue weighted by Gasteiger charge is -2.19. The average molecular weight is 356 g/mol. The SMILES string of the molecule is CCOc1c(OC)cc(CN2C[C@@H](N)[C@H](c3ccccc3)C2)cc1OC. The number of rotatable bonds is 7. The van der Waals surface area contributed by atoms with E-state index in [1.54, 1.807) is 14.2 Å². The van der Waals surface area contributed by atoms with Gasteiger partial charge in [0, 0.05) is 31.6 Å². The monoisotopic (exact) mass is 356 g/mol. The highest BCUT2D eigenvalue weighted by Gasteiger charge is 2.31. The van der Waals surface area contributed by atoms with E-state index >= 15 is 0 Å². The van der Waals surface area contributed by atoms with Gasteiger partial charge in [-0.3, -0.25) is 4.90 Å². The quantitative estimate of drug-likeness (QED) is 0.826. The predicted molar refractivity (Wildman–Crippen MR) is 103 cm³/mol. The van der Waals surface area contributed by atoms with Gasteiger partial charge in [-0.05, 0) is 30.2 Å². The summed E-state index contributed by atoms with van der Waals surface area (Å²) in [4.78, 5) is 2.39. The summed E-state index contributed by atoms with van der Waals surface area (Å²) in [6.45, 7) is 5.13. The van der Waals surface area contributed by atoms with Crippen LogP contribution in [0.4, 0.5) is 0 Å². The summed E-state index contributed by atoms with van der Waals surface area (Å²) in [6.07, 6.45) is 0. The molecule has 1 heterocycles. The van der Waals surface area contributed by atoms with Crippen molar-refractivity contribution in [1.82, 2.24) is 4.90 Å². The minimum absolute atomic E-state index is 0.142. The van der Waals surface area contributed by atoms with Crippen molar-refractivity contribution in [2.75, 3.05) is 33.9 Å². The van der Waals surface area contributed by atoms with Crippen molar-refractivity contribution in [2.24, 2.45) is 5.73 Å². The molecule has 2 aromatic carbocycles. The lowest BCUT2D eigenvalue weighted by Crippen LogP contribution is -2.28. The van der Waals surface area contributed by atoms with Crippen LogP contribution < -0.4 is 19.9 Å². The Bertz CT molecular complexity index is 695.